The van der Waals surface area contributed by atoms with Crippen molar-refractivity contribution in [2.45, 2.75) is 6.42 Å². The predicted molar refractivity (Wildman–Crippen MR) is 68.5 cm³/mol. The Morgan fingerprint density at radius 2 is 2.28 bits per heavy atom. The number of aromatic nitrogens is 3. The molecular formula is C10H10BrN5O2. The number of nitro benzene ring substituents is 1. The van der Waals surface area contributed by atoms with E-state index < -0.39 is 4.92 Å². The van der Waals surface area contributed by atoms with Crippen molar-refractivity contribution in [2.75, 3.05) is 6.54 Å². The van der Waals surface area contributed by atoms with Crippen LogP contribution in [0.4, 0.5) is 5.69 Å². The Balaban J connectivity index is 2.41. The summed E-state index contributed by atoms with van der Waals surface area (Å²) >= 11 is 3.33. The molecule has 0 fully saturated rings. The molecule has 0 atom stereocenters. The lowest BCUT2D eigenvalue weighted by Gasteiger charge is -2.02. The van der Waals surface area contributed by atoms with Gasteiger partial charge in [-0.15, -0.1) is 5.10 Å². The van der Waals surface area contributed by atoms with Crippen LogP contribution in [0, 0.1) is 10.1 Å². The van der Waals surface area contributed by atoms with Crippen molar-refractivity contribution in [1.29, 1.82) is 0 Å². The van der Waals surface area contributed by atoms with E-state index in [1.807, 2.05) is 0 Å². The van der Waals surface area contributed by atoms with Crippen LogP contribution in [0.15, 0.2) is 28.9 Å². The maximum atomic E-state index is 10.7. The van der Waals surface area contributed by atoms with Gasteiger partial charge in [-0.05, 0) is 28.5 Å². The summed E-state index contributed by atoms with van der Waals surface area (Å²) in [5.74, 6) is 0. The van der Waals surface area contributed by atoms with E-state index in [9.17, 15) is 10.1 Å². The van der Waals surface area contributed by atoms with Gasteiger partial charge in [0.2, 0.25) is 0 Å². The van der Waals surface area contributed by atoms with Crippen LogP contribution in [0.25, 0.3) is 5.69 Å². The van der Waals surface area contributed by atoms with Crippen LogP contribution < -0.4 is 5.73 Å². The number of benzene rings is 1. The van der Waals surface area contributed by atoms with E-state index in [4.69, 9.17) is 5.73 Å². The van der Waals surface area contributed by atoms with E-state index in [0.717, 1.165) is 5.69 Å². The van der Waals surface area contributed by atoms with Crippen molar-refractivity contribution in [3.05, 3.63) is 44.7 Å². The molecule has 8 heteroatoms. The number of nitro groups is 1. The minimum absolute atomic E-state index is 0.00377. The molecule has 2 N–H and O–H groups in total. The molecule has 0 saturated heterocycles. The van der Waals surface area contributed by atoms with E-state index in [-0.39, 0.29) is 5.69 Å². The van der Waals surface area contributed by atoms with E-state index in [1.165, 1.54) is 16.8 Å². The number of halogens is 1. The maximum Gasteiger partial charge on any atom is 0.271 e. The van der Waals surface area contributed by atoms with Crippen LogP contribution in [-0.2, 0) is 6.42 Å². The minimum atomic E-state index is -0.451. The van der Waals surface area contributed by atoms with Crippen LogP contribution in [0.1, 0.15) is 5.69 Å². The molecule has 0 aliphatic heterocycles. The fraction of sp³-hybridized carbons (Fsp3) is 0.200. The van der Waals surface area contributed by atoms with Crippen molar-refractivity contribution in [3.63, 3.8) is 0 Å². The van der Waals surface area contributed by atoms with Crippen LogP contribution >= 0.6 is 15.9 Å². The number of nitrogens with zero attached hydrogens (tertiary/aromatic N) is 4. The molecule has 0 bridgehead atoms. The summed E-state index contributed by atoms with van der Waals surface area (Å²) in [6.45, 7) is 0.481. The van der Waals surface area contributed by atoms with Crippen molar-refractivity contribution < 1.29 is 4.92 Å². The van der Waals surface area contributed by atoms with Gasteiger partial charge in [0.1, 0.15) is 0 Å². The molecular weight excluding hydrogens is 302 g/mol. The third-order valence-corrected chi connectivity index (χ3v) is 3.00. The van der Waals surface area contributed by atoms with Gasteiger partial charge in [0.05, 0.1) is 22.5 Å². The van der Waals surface area contributed by atoms with E-state index >= 15 is 0 Å². The van der Waals surface area contributed by atoms with Gasteiger partial charge < -0.3 is 5.73 Å². The zero-order chi connectivity index (χ0) is 13.1. The third kappa shape index (κ3) is 2.54. The molecule has 0 radical (unpaired) electrons. The molecule has 0 amide bonds. The quantitative estimate of drug-likeness (QED) is 0.680. The summed E-state index contributed by atoms with van der Waals surface area (Å²) in [6.07, 6.45) is 2.32. The second-order valence-electron chi connectivity index (χ2n) is 3.59. The number of rotatable bonds is 4. The van der Waals surface area contributed by atoms with Gasteiger partial charge in [-0.2, -0.15) is 0 Å². The first-order chi connectivity index (χ1) is 8.61. The molecule has 18 heavy (non-hydrogen) atoms. The molecule has 1 heterocycles. The first-order valence-electron chi connectivity index (χ1n) is 5.17. The maximum absolute atomic E-state index is 10.7. The number of nitrogens with two attached hydrogens (primary N) is 1. The van der Waals surface area contributed by atoms with Gasteiger partial charge in [-0.25, -0.2) is 4.68 Å². The van der Waals surface area contributed by atoms with Crippen molar-refractivity contribution >= 4 is 21.6 Å². The Morgan fingerprint density at radius 1 is 1.50 bits per heavy atom. The van der Waals surface area contributed by atoms with Gasteiger partial charge >= 0.3 is 0 Å². The molecule has 0 spiro atoms. The number of non-ortho nitro benzene ring substituents is 1. The Kier molecular flexibility index (Phi) is 3.68. The minimum Gasteiger partial charge on any atom is -0.330 e. The second-order valence-corrected chi connectivity index (χ2v) is 4.44. The third-order valence-electron chi connectivity index (χ3n) is 2.33. The molecule has 1 aromatic heterocycles. The van der Waals surface area contributed by atoms with E-state index in [2.05, 4.69) is 26.2 Å². The highest BCUT2D eigenvalue weighted by Gasteiger charge is 2.12. The standard InChI is InChI=1S/C10H10BrN5O2/c11-9-2-1-8(16(17)18)5-10(9)15-6-7(3-4-12)13-14-15/h1-2,5-6H,3-4,12H2. The summed E-state index contributed by atoms with van der Waals surface area (Å²) in [7, 11) is 0. The smallest absolute Gasteiger partial charge is 0.271 e. The highest BCUT2D eigenvalue weighted by Crippen LogP contribution is 2.25. The van der Waals surface area contributed by atoms with Crippen LogP contribution in [0.3, 0.4) is 0 Å². The van der Waals surface area contributed by atoms with Crippen molar-refractivity contribution in [2.24, 2.45) is 5.73 Å². The van der Waals surface area contributed by atoms with Gasteiger partial charge in [0.25, 0.3) is 5.69 Å². The van der Waals surface area contributed by atoms with Gasteiger partial charge in [0.15, 0.2) is 0 Å². The lowest BCUT2D eigenvalue weighted by atomic mass is 10.3. The molecule has 2 aromatic rings. The Bertz CT molecular complexity index is 583. The van der Waals surface area contributed by atoms with Crippen molar-refractivity contribution in [3.8, 4) is 5.69 Å². The SMILES string of the molecule is NCCc1cn(-c2cc([N+](=O)[O-])ccc2Br)nn1. The van der Waals surface area contributed by atoms with Crippen LogP contribution in [0.2, 0.25) is 0 Å². The summed E-state index contributed by atoms with van der Waals surface area (Å²) in [6, 6.07) is 4.47. The topological polar surface area (TPSA) is 99.9 Å². The average Bonchev–Trinajstić information content (AvgIpc) is 2.78. The number of hydrogen-bond acceptors (Lipinski definition) is 5. The summed E-state index contributed by atoms with van der Waals surface area (Å²) < 4.78 is 2.19. The summed E-state index contributed by atoms with van der Waals surface area (Å²) in [5, 5.41) is 18.6. The number of hydrogen-bond donors (Lipinski definition) is 1. The molecule has 0 aliphatic carbocycles. The van der Waals surface area contributed by atoms with Crippen molar-refractivity contribution in [1.82, 2.24) is 15.0 Å². The Morgan fingerprint density at radius 3 is 2.94 bits per heavy atom. The van der Waals surface area contributed by atoms with Gasteiger partial charge in [-0.1, -0.05) is 5.21 Å². The van der Waals surface area contributed by atoms with Gasteiger partial charge in [0, 0.05) is 23.0 Å². The zero-order valence-corrected chi connectivity index (χ0v) is 10.9. The normalized spacial score (nSPS) is 10.6. The predicted octanol–water partition coefficient (Wildman–Crippen LogP) is 1.44. The summed E-state index contributed by atoms with van der Waals surface area (Å²) in [5.41, 5.74) is 6.75. The van der Waals surface area contributed by atoms with Crippen LogP contribution in [0.5, 0.6) is 0 Å². The lowest BCUT2D eigenvalue weighted by Crippen LogP contribution is -2.02. The highest BCUT2D eigenvalue weighted by molar-refractivity contribution is 9.10. The summed E-state index contributed by atoms with van der Waals surface area (Å²) in [4.78, 5) is 10.3. The van der Waals surface area contributed by atoms with E-state index in [1.54, 1.807) is 12.3 Å². The highest BCUT2D eigenvalue weighted by atomic mass is 79.9. The fourth-order valence-corrected chi connectivity index (χ4v) is 1.90. The molecule has 0 aliphatic rings. The molecule has 0 saturated carbocycles. The molecule has 2 rings (SSSR count). The first kappa shape index (κ1) is 12.7. The van der Waals surface area contributed by atoms with Crippen LogP contribution in [-0.4, -0.2) is 26.5 Å². The van der Waals surface area contributed by atoms with Gasteiger partial charge in [-0.3, -0.25) is 10.1 Å². The Labute approximate surface area is 111 Å². The monoisotopic (exact) mass is 311 g/mol. The Hall–Kier alpha value is -1.80. The molecule has 7 nitrogen and oxygen atoms in total. The molecule has 1 aromatic carbocycles. The largest absolute Gasteiger partial charge is 0.330 e. The second kappa shape index (κ2) is 5.23. The average molecular weight is 312 g/mol. The lowest BCUT2D eigenvalue weighted by molar-refractivity contribution is -0.384. The van der Waals surface area contributed by atoms with E-state index in [0.29, 0.717) is 23.1 Å². The zero-order valence-electron chi connectivity index (χ0n) is 9.28. The fourth-order valence-electron chi connectivity index (χ4n) is 1.47. The molecule has 0 unspecified atom stereocenters. The molecule has 94 valence electrons. The first-order valence-corrected chi connectivity index (χ1v) is 5.96.